The van der Waals surface area contributed by atoms with Crippen LogP contribution < -0.4 is 9.47 Å². The molecule has 6 nitrogen and oxygen atoms in total. The van der Waals surface area contributed by atoms with E-state index in [0.717, 1.165) is 11.3 Å². The highest BCUT2D eigenvalue weighted by Crippen LogP contribution is 2.37. The zero-order valence-corrected chi connectivity index (χ0v) is 13.3. The summed E-state index contributed by atoms with van der Waals surface area (Å²) in [6, 6.07) is 7.23. The van der Waals surface area contributed by atoms with E-state index in [0.29, 0.717) is 36.2 Å². The number of carbonyl (C=O) groups is 1. The Bertz CT molecular complexity index is 745. The summed E-state index contributed by atoms with van der Waals surface area (Å²) < 4.78 is 16.1. The maximum absolute atomic E-state index is 11.6. The van der Waals surface area contributed by atoms with E-state index in [1.807, 2.05) is 26.0 Å². The summed E-state index contributed by atoms with van der Waals surface area (Å²) in [4.78, 5) is 20.1. The number of aryl methyl sites for hydroxylation is 1. The molecule has 1 unspecified atom stereocenters. The number of benzene rings is 1. The Morgan fingerprint density at radius 3 is 2.91 bits per heavy atom. The summed E-state index contributed by atoms with van der Waals surface area (Å²) in [5, 5.41) is 0. The Balaban J connectivity index is 1.86. The Labute approximate surface area is 134 Å². The molecule has 0 N–H and O–H groups in total. The number of rotatable bonds is 4. The second-order valence-corrected chi connectivity index (χ2v) is 5.58. The van der Waals surface area contributed by atoms with Gasteiger partial charge in [0.1, 0.15) is 18.1 Å². The fourth-order valence-corrected chi connectivity index (χ4v) is 2.56. The molecular formula is C17H18N2O4. The summed E-state index contributed by atoms with van der Waals surface area (Å²) in [7, 11) is 1.59. The summed E-state index contributed by atoms with van der Waals surface area (Å²) in [5.41, 5.74) is 1.80. The normalized spacial score (nSPS) is 16.7. The van der Waals surface area contributed by atoms with Crippen molar-refractivity contribution in [1.29, 1.82) is 0 Å². The third-order valence-electron chi connectivity index (χ3n) is 3.59. The molecule has 0 bridgehead atoms. The second kappa shape index (κ2) is 6.34. The zero-order valence-electron chi connectivity index (χ0n) is 13.3. The van der Waals surface area contributed by atoms with E-state index < -0.39 is 0 Å². The van der Waals surface area contributed by atoms with E-state index in [1.165, 1.54) is 0 Å². The van der Waals surface area contributed by atoms with E-state index in [1.54, 1.807) is 19.2 Å². The van der Waals surface area contributed by atoms with Gasteiger partial charge in [0.15, 0.2) is 5.82 Å². The molecule has 1 aliphatic rings. The first kappa shape index (κ1) is 15.4. The average Bonchev–Trinajstić information content (AvgIpc) is 2.46. The Kier molecular flexibility index (Phi) is 4.25. The minimum atomic E-state index is -0.220. The molecule has 0 aliphatic carbocycles. The number of aromatic nitrogens is 2. The van der Waals surface area contributed by atoms with E-state index in [-0.39, 0.29) is 11.9 Å². The lowest BCUT2D eigenvalue weighted by Gasteiger charge is -2.21. The molecule has 2 heterocycles. The second-order valence-electron chi connectivity index (χ2n) is 5.58. The van der Waals surface area contributed by atoms with Gasteiger partial charge >= 0.3 is 5.97 Å². The third-order valence-corrected chi connectivity index (χ3v) is 3.59. The van der Waals surface area contributed by atoms with Gasteiger partial charge in [-0.3, -0.25) is 4.79 Å². The molecule has 0 amide bonds. The van der Waals surface area contributed by atoms with Crippen molar-refractivity contribution in [3.63, 3.8) is 0 Å². The molecule has 1 atom stereocenters. The van der Waals surface area contributed by atoms with Crippen molar-refractivity contribution < 1.29 is 19.0 Å². The van der Waals surface area contributed by atoms with Crippen LogP contribution in [0.3, 0.4) is 0 Å². The summed E-state index contributed by atoms with van der Waals surface area (Å²) in [6.45, 7) is 4.19. The van der Waals surface area contributed by atoms with Gasteiger partial charge in [0.25, 0.3) is 0 Å². The molecule has 3 rings (SSSR count). The van der Waals surface area contributed by atoms with E-state index in [4.69, 9.17) is 14.2 Å². The minimum absolute atomic E-state index is 0.148. The average molecular weight is 314 g/mol. The highest BCUT2D eigenvalue weighted by atomic mass is 16.5. The molecular weight excluding hydrogens is 296 g/mol. The number of esters is 1. The lowest BCUT2D eigenvalue weighted by atomic mass is 9.95. The van der Waals surface area contributed by atoms with Crippen molar-refractivity contribution in [2.75, 3.05) is 7.11 Å². The smallest absolute Gasteiger partial charge is 0.311 e. The Hall–Kier alpha value is -2.47. The number of nitrogens with zero attached hydrogens (tertiary/aromatic N) is 2. The minimum Gasteiger partial charge on any atom is -0.439 e. The first-order valence-corrected chi connectivity index (χ1v) is 7.41. The molecule has 0 spiro atoms. The predicted molar refractivity (Wildman–Crippen MR) is 82.7 cm³/mol. The molecule has 120 valence electrons. The van der Waals surface area contributed by atoms with Gasteiger partial charge in [-0.1, -0.05) is 13.0 Å². The molecule has 23 heavy (non-hydrogen) atoms. The first-order valence-electron chi connectivity index (χ1n) is 7.41. The van der Waals surface area contributed by atoms with Gasteiger partial charge < -0.3 is 14.2 Å². The number of hydrogen-bond donors (Lipinski definition) is 0. The Morgan fingerprint density at radius 2 is 2.13 bits per heavy atom. The van der Waals surface area contributed by atoms with Gasteiger partial charge in [0, 0.05) is 24.9 Å². The maximum atomic E-state index is 11.6. The van der Waals surface area contributed by atoms with Gasteiger partial charge in [-0.25, -0.2) is 4.98 Å². The summed E-state index contributed by atoms with van der Waals surface area (Å²) >= 11 is 0. The lowest BCUT2D eigenvalue weighted by molar-refractivity contribution is -0.135. The fraction of sp³-hybridized carbons (Fsp3) is 0.353. The number of ether oxygens (including phenoxy) is 3. The lowest BCUT2D eigenvalue weighted by Crippen LogP contribution is -2.18. The van der Waals surface area contributed by atoms with E-state index >= 15 is 0 Å². The van der Waals surface area contributed by atoms with Crippen LogP contribution in [0.5, 0.6) is 17.4 Å². The van der Waals surface area contributed by atoms with Gasteiger partial charge in [0.2, 0.25) is 5.88 Å². The van der Waals surface area contributed by atoms with Crippen molar-refractivity contribution in [2.24, 2.45) is 0 Å². The van der Waals surface area contributed by atoms with Crippen LogP contribution in [0.4, 0.5) is 0 Å². The largest absolute Gasteiger partial charge is 0.439 e. The number of hydrogen-bond acceptors (Lipinski definition) is 6. The third kappa shape index (κ3) is 3.48. The number of fused-ring (bicyclic) bond motifs is 1. The number of methoxy groups -OCH3 is 1. The van der Waals surface area contributed by atoms with Crippen LogP contribution in [0.2, 0.25) is 0 Å². The van der Waals surface area contributed by atoms with Crippen molar-refractivity contribution in [1.82, 2.24) is 9.97 Å². The zero-order chi connectivity index (χ0) is 16.4. The van der Waals surface area contributed by atoms with Crippen molar-refractivity contribution >= 4 is 5.97 Å². The van der Waals surface area contributed by atoms with Crippen LogP contribution in [-0.4, -0.2) is 23.0 Å². The van der Waals surface area contributed by atoms with Gasteiger partial charge in [-0.2, -0.15) is 4.98 Å². The van der Waals surface area contributed by atoms with Crippen LogP contribution in [0.1, 0.15) is 36.3 Å². The van der Waals surface area contributed by atoms with Crippen LogP contribution in [-0.2, 0) is 16.1 Å². The highest BCUT2D eigenvalue weighted by Gasteiger charge is 2.24. The number of carbonyl (C=O) groups excluding carboxylic acids is 1. The molecule has 0 fully saturated rings. The molecule has 0 saturated carbocycles. The van der Waals surface area contributed by atoms with Crippen molar-refractivity contribution in [3.8, 4) is 17.4 Å². The van der Waals surface area contributed by atoms with E-state index in [9.17, 15) is 4.79 Å². The summed E-state index contributed by atoms with van der Waals surface area (Å²) in [6.07, 6.45) is 0.401. The standard InChI is InChI=1S/C17H18N2O4/c1-10-6-17(20)23-14-8-12(4-5-13(10)14)22-16-7-11(2)18-15(19-16)9-21-3/h4-5,7-8,10H,6,9H2,1-3H3. The quantitative estimate of drug-likeness (QED) is 0.638. The van der Waals surface area contributed by atoms with Crippen LogP contribution in [0.15, 0.2) is 24.3 Å². The highest BCUT2D eigenvalue weighted by molar-refractivity contribution is 5.76. The summed E-state index contributed by atoms with van der Waals surface area (Å²) in [5.74, 6) is 2.03. The molecule has 1 aromatic carbocycles. The first-order chi connectivity index (χ1) is 11.0. The van der Waals surface area contributed by atoms with Crippen molar-refractivity contribution in [3.05, 3.63) is 41.3 Å². The molecule has 6 heteroatoms. The van der Waals surface area contributed by atoms with Crippen LogP contribution >= 0.6 is 0 Å². The van der Waals surface area contributed by atoms with Crippen molar-refractivity contribution in [2.45, 2.75) is 32.8 Å². The van der Waals surface area contributed by atoms with Gasteiger partial charge in [-0.05, 0) is 24.5 Å². The van der Waals surface area contributed by atoms with Crippen LogP contribution in [0, 0.1) is 6.92 Å². The van der Waals surface area contributed by atoms with Gasteiger partial charge in [0.05, 0.1) is 6.42 Å². The predicted octanol–water partition coefficient (Wildman–Crippen LogP) is 3.14. The Morgan fingerprint density at radius 1 is 1.30 bits per heavy atom. The van der Waals surface area contributed by atoms with Crippen LogP contribution in [0.25, 0.3) is 0 Å². The van der Waals surface area contributed by atoms with Gasteiger partial charge in [-0.15, -0.1) is 0 Å². The molecule has 0 saturated heterocycles. The fourth-order valence-electron chi connectivity index (χ4n) is 2.56. The molecule has 1 aromatic heterocycles. The molecule has 2 aromatic rings. The molecule has 0 radical (unpaired) electrons. The maximum Gasteiger partial charge on any atom is 0.311 e. The molecule has 1 aliphatic heterocycles. The monoisotopic (exact) mass is 314 g/mol. The topological polar surface area (TPSA) is 70.5 Å². The SMILES string of the molecule is COCc1nc(C)cc(Oc2ccc3c(c2)OC(=O)CC3C)n1. The van der Waals surface area contributed by atoms with E-state index in [2.05, 4.69) is 9.97 Å².